The molecule has 1 aromatic carbocycles. The number of nitrogens with one attached hydrogen (secondary N) is 1. The van der Waals surface area contributed by atoms with E-state index in [0.29, 0.717) is 12.8 Å². The zero-order valence-electron chi connectivity index (χ0n) is 13.2. The number of thioether (sulfide) groups is 1. The predicted molar refractivity (Wildman–Crippen MR) is 90.6 cm³/mol. The number of fused-ring (bicyclic) bond motifs is 1. The van der Waals surface area contributed by atoms with Gasteiger partial charge in [0.2, 0.25) is 6.79 Å². The summed E-state index contributed by atoms with van der Waals surface area (Å²) in [4.78, 5) is 0. The molecule has 0 aromatic heterocycles. The zero-order valence-corrected chi connectivity index (χ0v) is 14.0. The maximum absolute atomic E-state index is 5.42. The molecule has 4 heteroatoms. The van der Waals surface area contributed by atoms with Crippen molar-refractivity contribution in [3.63, 3.8) is 0 Å². The first-order valence-electron chi connectivity index (χ1n) is 7.90. The molecule has 0 fully saturated rings. The molecule has 1 aromatic rings. The minimum absolute atomic E-state index is 0.354. The summed E-state index contributed by atoms with van der Waals surface area (Å²) in [5.41, 5.74) is 1.33. The van der Waals surface area contributed by atoms with E-state index in [-0.39, 0.29) is 0 Å². The van der Waals surface area contributed by atoms with Gasteiger partial charge in [0.05, 0.1) is 0 Å². The molecule has 0 spiro atoms. The van der Waals surface area contributed by atoms with Crippen LogP contribution in [0.15, 0.2) is 18.2 Å². The topological polar surface area (TPSA) is 30.5 Å². The maximum atomic E-state index is 5.42. The van der Waals surface area contributed by atoms with Crippen LogP contribution in [0, 0.1) is 0 Å². The molecule has 2 rings (SSSR count). The van der Waals surface area contributed by atoms with E-state index in [1.807, 2.05) is 17.8 Å². The second-order valence-electron chi connectivity index (χ2n) is 5.63. The van der Waals surface area contributed by atoms with Crippen molar-refractivity contribution in [2.45, 2.75) is 45.1 Å². The molecule has 0 aliphatic carbocycles. The van der Waals surface area contributed by atoms with Gasteiger partial charge in [0.25, 0.3) is 0 Å². The fraction of sp³-hybridized carbons (Fsp3) is 0.647. The second-order valence-corrected chi connectivity index (χ2v) is 6.62. The highest BCUT2D eigenvalue weighted by Crippen LogP contribution is 2.32. The maximum Gasteiger partial charge on any atom is 0.231 e. The Morgan fingerprint density at radius 1 is 1.19 bits per heavy atom. The van der Waals surface area contributed by atoms with Crippen molar-refractivity contribution < 1.29 is 9.47 Å². The van der Waals surface area contributed by atoms with Crippen LogP contribution < -0.4 is 14.8 Å². The van der Waals surface area contributed by atoms with Crippen LogP contribution in [0.4, 0.5) is 0 Å². The van der Waals surface area contributed by atoms with Gasteiger partial charge in [-0.25, -0.2) is 0 Å². The molecule has 1 heterocycles. The highest BCUT2D eigenvalue weighted by molar-refractivity contribution is 7.98. The van der Waals surface area contributed by atoms with Crippen LogP contribution in [0.2, 0.25) is 0 Å². The summed E-state index contributed by atoms with van der Waals surface area (Å²) < 4.78 is 10.8. The third-order valence-electron chi connectivity index (χ3n) is 3.82. The first-order valence-corrected chi connectivity index (χ1v) is 9.30. The Morgan fingerprint density at radius 2 is 2.05 bits per heavy atom. The lowest BCUT2D eigenvalue weighted by molar-refractivity contribution is 0.174. The van der Waals surface area contributed by atoms with Gasteiger partial charge in [-0.2, -0.15) is 11.8 Å². The van der Waals surface area contributed by atoms with Gasteiger partial charge < -0.3 is 14.8 Å². The first-order chi connectivity index (χ1) is 10.3. The van der Waals surface area contributed by atoms with E-state index in [4.69, 9.17) is 9.47 Å². The number of unbranched alkanes of at least 4 members (excludes halogenated alkanes) is 2. The highest BCUT2D eigenvalue weighted by Gasteiger charge is 2.13. The fourth-order valence-corrected chi connectivity index (χ4v) is 2.97. The van der Waals surface area contributed by atoms with Crippen LogP contribution in [0.5, 0.6) is 11.5 Å². The van der Waals surface area contributed by atoms with E-state index in [1.54, 1.807) is 0 Å². The molecule has 1 atom stereocenters. The quantitative estimate of drug-likeness (QED) is 0.665. The third kappa shape index (κ3) is 5.79. The lowest BCUT2D eigenvalue weighted by Crippen LogP contribution is -2.27. The van der Waals surface area contributed by atoms with Gasteiger partial charge in [0.1, 0.15) is 0 Å². The van der Waals surface area contributed by atoms with E-state index >= 15 is 0 Å². The largest absolute Gasteiger partial charge is 0.454 e. The average Bonchev–Trinajstić information content (AvgIpc) is 2.96. The van der Waals surface area contributed by atoms with Crippen molar-refractivity contribution in [1.82, 2.24) is 5.32 Å². The summed E-state index contributed by atoms with van der Waals surface area (Å²) in [5, 5.41) is 3.62. The number of aryl methyl sites for hydroxylation is 1. The van der Waals surface area contributed by atoms with Gasteiger partial charge in [0.15, 0.2) is 11.5 Å². The Kier molecular flexibility index (Phi) is 7.24. The molecule has 0 saturated carbocycles. The number of benzene rings is 1. The Labute approximate surface area is 132 Å². The first kappa shape index (κ1) is 16.5. The Morgan fingerprint density at radius 3 is 2.90 bits per heavy atom. The van der Waals surface area contributed by atoms with Gasteiger partial charge >= 0.3 is 0 Å². The SMILES string of the molecule is CSCCCCCNC(C)CCc1ccc2c(c1)OCO2. The Balaban J connectivity index is 1.59. The van der Waals surface area contributed by atoms with E-state index in [2.05, 4.69) is 30.6 Å². The van der Waals surface area contributed by atoms with Crippen molar-refractivity contribution >= 4 is 11.8 Å². The number of hydrogen-bond donors (Lipinski definition) is 1. The fourth-order valence-electron chi connectivity index (χ4n) is 2.48. The highest BCUT2D eigenvalue weighted by atomic mass is 32.2. The molecule has 1 aliphatic rings. The van der Waals surface area contributed by atoms with Crippen molar-refractivity contribution in [2.75, 3.05) is 25.3 Å². The van der Waals surface area contributed by atoms with Crippen LogP contribution >= 0.6 is 11.8 Å². The average molecular weight is 309 g/mol. The normalized spacial score (nSPS) is 14.4. The summed E-state index contributed by atoms with van der Waals surface area (Å²) in [7, 11) is 0. The summed E-state index contributed by atoms with van der Waals surface area (Å²) in [6.45, 7) is 3.76. The second kappa shape index (κ2) is 9.21. The standard InChI is InChI=1S/C17H27NO2S/c1-14(18-10-4-3-5-11-21-2)6-7-15-8-9-16-17(12-15)20-13-19-16/h8-9,12,14,18H,3-7,10-11,13H2,1-2H3. The lowest BCUT2D eigenvalue weighted by Gasteiger charge is -2.13. The van der Waals surface area contributed by atoms with Crippen LogP contribution in [0.1, 0.15) is 38.2 Å². The smallest absolute Gasteiger partial charge is 0.231 e. The van der Waals surface area contributed by atoms with Crippen LogP contribution in [-0.4, -0.2) is 31.4 Å². The van der Waals surface area contributed by atoms with Crippen molar-refractivity contribution in [3.8, 4) is 11.5 Å². The molecule has 0 radical (unpaired) electrons. The zero-order chi connectivity index (χ0) is 14.9. The summed E-state index contributed by atoms with van der Waals surface area (Å²) in [5.74, 6) is 3.05. The predicted octanol–water partition coefficient (Wildman–Crippen LogP) is 3.86. The molecule has 1 N–H and O–H groups in total. The van der Waals surface area contributed by atoms with Crippen LogP contribution in [0.3, 0.4) is 0 Å². The minimum atomic E-state index is 0.354. The molecule has 3 nitrogen and oxygen atoms in total. The lowest BCUT2D eigenvalue weighted by atomic mass is 10.1. The monoisotopic (exact) mass is 309 g/mol. The van der Waals surface area contributed by atoms with Gasteiger partial charge in [-0.1, -0.05) is 12.5 Å². The van der Waals surface area contributed by atoms with E-state index in [1.165, 1.54) is 30.6 Å². The van der Waals surface area contributed by atoms with E-state index in [0.717, 1.165) is 30.9 Å². The van der Waals surface area contributed by atoms with Crippen molar-refractivity contribution in [1.29, 1.82) is 0 Å². The molecule has 0 saturated heterocycles. The molecule has 0 bridgehead atoms. The van der Waals surface area contributed by atoms with Gasteiger partial charge in [-0.15, -0.1) is 0 Å². The molecular formula is C17H27NO2S. The number of hydrogen-bond acceptors (Lipinski definition) is 4. The van der Waals surface area contributed by atoms with Gasteiger partial charge in [-0.3, -0.25) is 0 Å². The number of ether oxygens (including phenoxy) is 2. The van der Waals surface area contributed by atoms with Crippen molar-refractivity contribution in [3.05, 3.63) is 23.8 Å². The summed E-state index contributed by atoms with van der Waals surface area (Å²) in [6.07, 6.45) is 8.38. The summed E-state index contributed by atoms with van der Waals surface area (Å²) >= 11 is 1.94. The summed E-state index contributed by atoms with van der Waals surface area (Å²) in [6, 6.07) is 6.83. The Bertz CT molecular complexity index is 425. The van der Waals surface area contributed by atoms with Gasteiger partial charge in [-0.05, 0) is 68.9 Å². The van der Waals surface area contributed by atoms with Crippen LogP contribution in [-0.2, 0) is 6.42 Å². The molecule has 1 aliphatic heterocycles. The molecule has 1 unspecified atom stereocenters. The molecule has 0 amide bonds. The molecular weight excluding hydrogens is 282 g/mol. The van der Waals surface area contributed by atoms with E-state index < -0.39 is 0 Å². The van der Waals surface area contributed by atoms with E-state index in [9.17, 15) is 0 Å². The number of rotatable bonds is 10. The third-order valence-corrected chi connectivity index (χ3v) is 4.52. The van der Waals surface area contributed by atoms with Crippen molar-refractivity contribution in [2.24, 2.45) is 0 Å². The molecule has 118 valence electrons. The van der Waals surface area contributed by atoms with Crippen LogP contribution in [0.25, 0.3) is 0 Å². The molecule has 21 heavy (non-hydrogen) atoms. The Hall–Kier alpha value is -0.870. The van der Waals surface area contributed by atoms with Gasteiger partial charge in [0, 0.05) is 6.04 Å². The minimum Gasteiger partial charge on any atom is -0.454 e.